The molecule has 0 saturated heterocycles. The van der Waals surface area contributed by atoms with Crippen LogP contribution in [-0.2, 0) is 11.2 Å². The second-order valence-corrected chi connectivity index (χ2v) is 5.82. The lowest BCUT2D eigenvalue weighted by molar-refractivity contribution is -0.115. The second-order valence-electron chi connectivity index (χ2n) is 5.39. The van der Waals surface area contributed by atoms with Gasteiger partial charge in [0.15, 0.2) is 0 Å². The van der Waals surface area contributed by atoms with Crippen LogP contribution in [0, 0.1) is 6.92 Å². The Labute approximate surface area is 140 Å². The first-order chi connectivity index (χ1) is 11.1. The Morgan fingerprint density at radius 2 is 1.78 bits per heavy atom. The van der Waals surface area contributed by atoms with Gasteiger partial charge < -0.3 is 9.88 Å². The molecule has 4 heteroatoms. The SMILES string of the molecule is Cc1ccccc1NC(=O)Cc1cccn1-c1ccc(Cl)cc1. The van der Waals surface area contributed by atoms with Crippen molar-refractivity contribution in [3.05, 3.63) is 83.1 Å². The second kappa shape index (κ2) is 6.71. The Morgan fingerprint density at radius 3 is 2.52 bits per heavy atom. The van der Waals surface area contributed by atoms with Crippen molar-refractivity contribution in [3.8, 4) is 5.69 Å². The van der Waals surface area contributed by atoms with Crippen molar-refractivity contribution in [2.75, 3.05) is 5.32 Å². The van der Waals surface area contributed by atoms with Crippen LogP contribution in [0.1, 0.15) is 11.3 Å². The van der Waals surface area contributed by atoms with Gasteiger partial charge in [-0.15, -0.1) is 0 Å². The van der Waals surface area contributed by atoms with Gasteiger partial charge >= 0.3 is 0 Å². The fraction of sp³-hybridized carbons (Fsp3) is 0.105. The molecule has 2 aromatic carbocycles. The smallest absolute Gasteiger partial charge is 0.230 e. The standard InChI is InChI=1S/C19H17ClN2O/c1-14-5-2-3-7-18(14)21-19(23)13-17-6-4-12-22(17)16-10-8-15(20)9-11-16/h2-12H,13H2,1H3,(H,21,23). The van der Waals surface area contributed by atoms with Gasteiger partial charge in [-0.05, 0) is 55.0 Å². The molecule has 0 unspecified atom stereocenters. The summed E-state index contributed by atoms with van der Waals surface area (Å²) in [7, 11) is 0. The Hall–Kier alpha value is -2.52. The number of para-hydroxylation sites is 1. The molecule has 3 aromatic rings. The quantitative estimate of drug-likeness (QED) is 0.746. The summed E-state index contributed by atoms with van der Waals surface area (Å²) in [6.45, 7) is 1.98. The third kappa shape index (κ3) is 3.63. The average molecular weight is 325 g/mol. The van der Waals surface area contributed by atoms with Gasteiger partial charge in [0.05, 0.1) is 6.42 Å². The van der Waals surface area contributed by atoms with Crippen LogP contribution < -0.4 is 5.32 Å². The minimum atomic E-state index is -0.0341. The third-order valence-electron chi connectivity index (χ3n) is 3.70. The Bertz CT molecular complexity index is 821. The molecule has 0 bridgehead atoms. The highest BCUT2D eigenvalue weighted by atomic mass is 35.5. The van der Waals surface area contributed by atoms with E-state index < -0.39 is 0 Å². The summed E-state index contributed by atoms with van der Waals surface area (Å²) in [5.74, 6) is -0.0341. The number of hydrogen-bond donors (Lipinski definition) is 1. The van der Waals surface area contributed by atoms with E-state index in [1.807, 2.05) is 78.4 Å². The fourth-order valence-electron chi connectivity index (χ4n) is 2.49. The number of halogens is 1. The van der Waals surface area contributed by atoms with Gasteiger partial charge in [0, 0.05) is 28.3 Å². The van der Waals surface area contributed by atoms with Gasteiger partial charge in [0.1, 0.15) is 0 Å². The molecule has 1 N–H and O–H groups in total. The van der Waals surface area contributed by atoms with Gasteiger partial charge in [-0.2, -0.15) is 0 Å². The minimum Gasteiger partial charge on any atom is -0.326 e. The molecular formula is C19H17ClN2O. The van der Waals surface area contributed by atoms with Crippen LogP contribution in [0.2, 0.25) is 5.02 Å². The van der Waals surface area contributed by atoms with Crippen LogP contribution in [0.4, 0.5) is 5.69 Å². The zero-order valence-electron chi connectivity index (χ0n) is 12.8. The molecule has 0 fully saturated rings. The number of benzene rings is 2. The molecule has 1 heterocycles. The van der Waals surface area contributed by atoms with E-state index in [2.05, 4.69) is 5.32 Å². The van der Waals surface area contributed by atoms with Crippen molar-refractivity contribution in [1.29, 1.82) is 0 Å². The van der Waals surface area contributed by atoms with E-state index in [4.69, 9.17) is 11.6 Å². The van der Waals surface area contributed by atoms with Crippen molar-refractivity contribution in [3.63, 3.8) is 0 Å². The number of rotatable bonds is 4. The largest absolute Gasteiger partial charge is 0.326 e. The molecule has 23 heavy (non-hydrogen) atoms. The number of amides is 1. The highest BCUT2D eigenvalue weighted by Crippen LogP contribution is 2.18. The van der Waals surface area contributed by atoms with Crippen LogP contribution in [0.25, 0.3) is 5.69 Å². The molecule has 0 aliphatic carbocycles. The summed E-state index contributed by atoms with van der Waals surface area (Å²) in [4.78, 5) is 12.3. The molecule has 3 nitrogen and oxygen atoms in total. The lowest BCUT2D eigenvalue weighted by Gasteiger charge is -2.11. The van der Waals surface area contributed by atoms with E-state index >= 15 is 0 Å². The predicted molar refractivity (Wildman–Crippen MR) is 94.3 cm³/mol. The number of hydrogen-bond acceptors (Lipinski definition) is 1. The monoisotopic (exact) mass is 324 g/mol. The van der Waals surface area contributed by atoms with Gasteiger partial charge in [0.25, 0.3) is 0 Å². The zero-order chi connectivity index (χ0) is 16.2. The Kier molecular flexibility index (Phi) is 4.49. The number of aromatic nitrogens is 1. The van der Waals surface area contributed by atoms with Crippen LogP contribution in [-0.4, -0.2) is 10.5 Å². The van der Waals surface area contributed by atoms with Crippen LogP contribution >= 0.6 is 11.6 Å². The van der Waals surface area contributed by atoms with Gasteiger partial charge in [-0.3, -0.25) is 4.79 Å². The van der Waals surface area contributed by atoms with Crippen LogP contribution in [0.5, 0.6) is 0 Å². The van der Waals surface area contributed by atoms with Crippen molar-refractivity contribution >= 4 is 23.2 Å². The first-order valence-electron chi connectivity index (χ1n) is 7.41. The number of anilines is 1. The zero-order valence-corrected chi connectivity index (χ0v) is 13.5. The summed E-state index contributed by atoms with van der Waals surface area (Å²) < 4.78 is 1.99. The van der Waals surface area contributed by atoms with E-state index in [0.717, 1.165) is 22.6 Å². The van der Waals surface area contributed by atoms with Gasteiger partial charge in [-0.25, -0.2) is 0 Å². The minimum absolute atomic E-state index is 0.0341. The molecular weight excluding hydrogens is 308 g/mol. The van der Waals surface area contributed by atoms with Crippen molar-refractivity contribution in [2.24, 2.45) is 0 Å². The molecule has 116 valence electrons. The molecule has 0 saturated carbocycles. The fourth-order valence-corrected chi connectivity index (χ4v) is 2.61. The maximum atomic E-state index is 12.3. The maximum absolute atomic E-state index is 12.3. The number of nitrogens with one attached hydrogen (secondary N) is 1. The number of carbonyl (C=O) groups excluding carboxylic acids is 1. The Balaban J connectivity index is 1.76. The molecule has 0 atom stereocenters. The van der Waals surface area contributed by atoms with E-state index in [1.165, 1.54) is 0 Å². The molecule has 0 spiro atoms. The van der Waals surface area contributed by atoms with Crippen LogP contribution in [0.3, 0.4) is 0 Å². The van der Waals surface area contributed by atoms with Gasteiger partial charge in [-0.1, -0.05) is 29.8 Å². The van der Waals surface area contributed by atoms with E-state index in [-0.39, 0.29) is 5.91 Å². The van der Waals surface area contributed by atoms with Crippen molar-refractivity contribution in [2.45, 2.75) is 13.3 Å². The first kappa shape index (κ1) is 15.4. The molecule has 0 aliphatic heterocycles. The molecule has 0 radical (unpaired) electrons. The van der Waals surface area contributed by atoms with E-state index in [1.54, 1.807) is 0 Å². The summed E-state index contributed by atoms with van der Waals surface area (Å²) in [5.41, 5.74) is 3.81. The molecule has 0 aliphatic rings. The molecule has 1 amide bonds. The third-order valence-corrected chi connectivity index (χ3v) is 3.95. The number of carbonyl (C=O) groups is 1. The number of aryl methyl sites for hydroxylation is 1. The van der Waals surface area contributed by atoms with Crippen molar-refractivity contribution < 1.29 is 4.79 Å². The molecule has 1 aromatic heterocycles. The lowest BCUT2D eigenvalue weighted by atomic mass is 10.2. The first-order valence-corrected chi connectivity index (χ1v) is 7.79. The highest BCUT2D eigenvalue weighted by Gasteiger charge is 2.10. The van der Waals surface area contributed by atoms with Gasteiger partial charge in [0.2, 0.25) is 5.91 Å². The topological polar surface area (TPSA) is 34.0 Å². The molecule has 3 rings (SSSR count). The summed E-state index contributed by atoms with van der Waals surface area (Å²) in [6, 6.07) is 19.2. The van der Waals surface area contributed by atoms with E-state index in [0.29, 0.717) is 11.4 Å². The normalized spacial score (nSPS) is 10.5. The summed E-state index contributed by atoms with van der Waals surface area (Å²) in [6.07, 6.45) is 2.25. The lowest BCUT2D eigenvalue weighted by Crippen LogP contribution is -2.16. The predicted octanol–water partition coefficient (Wildman–Crippen LogP) is 4.62. The summed E-state index contributed by atoms with van der Waals surface area (Å²) in [5, 5.41) is 3.66. The van der Waals surface area contributed by atoms with E-state index in [9.17, 15) is 4.79 Å². The Morgan fingerprint density at radius 1 is 1.04 bits per heavy atom. The highest BCUT2D eigenvalue weighted by molar-refractivity contribution is 6.30. The average Bonchev–Trinajstić information content (AvgIpc) is 2.98. The van der Waals surface area contributed by atoms with Crippen molar-refractivity contribution in [1.82, 2.24) is 4.57 Å². The summed E-state index contributed by atoms with van der Waals surface area (Å²) >= 11 is 5.93. The number of nitrogens with zero attached hydrogens (tertiary/aromatic N) is 1. The van der Waals surface area contributed by atoms with Crippen LogP contribution in [0.15, 0.2) is 66.9 Å². The maximum Gasteiger partial charge on any atom is 0.230 e.